The molecule has 3 aromatic rings. The second-order valence-corrected chi connectivity index (χ2v) is 8.62. The van der Waals surface area contributed by atoms with Gasteiger partial charge in [0.25, 0.3) is 15.8 Å². The van der Waals surface area contributed by atoms with Crippen LogP contribution in [0.15, 0.2) is 43.0 Å². The first-order chi connectivity index (χ1) is 14.9. The lowest BCUT2D eigenvalue weighted by atomic mass is 10.1. The van der Waals surface area contributed by atoms with Crippen molar-refractivity contribution >= 4 is 15.8 Å². The smallest absolute Gasteiger partial charge is 0.316 e. The molecule has 0 saturated carbocycles. The van der Waals surface area contributed by atoms with Crippen LogP contribution in [0.4, 0.5) is 5.82 Å². The molecule has 0 fully saturated rings. The third kappa shape index (κ3) is 6.09. The highest BCUT2D eigenvalue weighted by atomic mass is 32.2. The molecule has 2 N–H and O–H groups in total. The molecule has 164 valence electrons. The summed E-state index contributed by atoms with van der Waals surface area (Å²) in [6.45, 7) is 3.85. The van der Waals surface area contributed by atoms with Crippen LogP contribution in [0.5, 0.6) is 17.6 Å². The van der Waals surface area contributed by atoms with Gasteiger partial charge >= 0.3 is 6.01 Å². The van der Waals surface area contributed by atoms with Crippen molar-refractivity contribution in [1.29, 1.82) is 0 Å². The van der Waals surface area contributed by atoms with Gasteiger partial charge in [-0.25, -0.2) is 4.98 Å². The number of ether oxygens (including phenoxy) is 3. The van der Waals surface area contributed by atoms with Gasteiger partial charge < -0.3 is 14.2 Å². The second-order valence-electron chi connectivity index (χ2n) is 6.48. The van der Waals surface area contributed by atoms with Gasteiger partial charge in [-0.05, 0) is 19.4 Å². The summed E-state index contributed by atoms with van der Waals surface area (Å²) in [5.41, 5.74) is 2.32. The minimum absolute atomic E-state index is 0.0315. The van der Waals surface area contributed by atoms with Gasteiger partial charge in [-0.3, -0.25) is 0 Å². The number of sulfonamides is 1. The molecule has 0 radical (unpaired) electrons. The van der Waals surface area contributed by atoms with Crippen LogP contribution in [0.25, 0.3) is 11.1 Å². The molecule has 2 heterocycles. The average molecular weight is 447 g/mol. The molecule has 3 rings (SSSR count). The van der Waals surface area contributed by atoms with Crippen molar-refractivity contribution in [2.75, 3.05) is 26.1 Å². The monoisotopic (exact) mass is 446 g/mol. The number of nitrogens with zero attached hydrogens (tertiary/aromatic N) is 4. The molecular formula is C20H24N5O5S+. The quantitative estimate of drug-likeness (QED) is 0.457. The first-order valence-corrected chi connectivity index (χ1v) is 11.2. The SMILES string of the molecule is CCS(=O)(=O)[NH2+]c1ncnc(OCCOc2ncc(OC)cn2)c1-c1ccc(C)cc1. The largest absolute Gasteiger partial charge is 0.494 e. The summed E-state index contributed by atoms with van der Waals surface area (Å²) < 4.78 is 41.8. The Hall–Kier alpha value is -3.31. The van der Waals surface area contributed by atoms with Crippen molar-refractivity contribution in [3.05, 3.63) is 48.5 Å². The van der Waals surface area contributed by atoms with Crippen LogP contribution in [-0.4, -0.2) is 54.4 Å². The van der Waals surface area contributed by atoms with Crippen molar-refractivity contribution < 1.29 is 27.4 Å². The minimum atomic E-state index is -3.42. The normalized spacial score (nSPS) is 11.2. The fraction of sp³-hybridized carbons (Fsp3) is 0.300. The van der Waals surface area contributed by atoms with E-state index in [0.717, 1.165) is 15.8 Å². The highest BCUT2D eigenvalue weighted by molar-refractivity contribution is 7.84. The summed E-state index contributed by atoms with van der Waals surface area (Å²) in [7, 11) is -1.89. The van der Waals surface area contributed by atoms with Crippen molar-refractivity contribution in [3.8, 4) is 28.8 Å². The lowest BCUT2D eigenvalue weighted by molar-refractivity contribution is -0.401. The summed E-state index contributed by atoms with van der Waals surface area (Å²) in [4.78, 5) is 16.4. The van der Waals surface area contributed by atoms with Gasteiger partial charge in [-0.1, -0.05) is 29.8 Å². The first-order valence-electron chi connectivity index (χ1n) is 9.53. The molecular weight excluding hydrogens is 422 g/mol. The van der Waals surface area contributed by atoms with Crippen LogP contribution in [0.2, 0.25) is 0 Å². The molecule has 11 heteroatoms. The number of rotatable bonds is 10. The van der Waals surface area contributed by atoms with E-state index < -0.39 is 10.0 Å². The lowest BCUT2D eigenvalue weighted by Crippen LogP contribution is -2.82. The number of benzene rings is 1. The van der Waals surface area contributed by atoms with Gasteiger partial charge in [0.2, 0.25) is 5.88 Å². The number of methoxy groups -OCH3 is 1. The molecule has 0 aliphatic heterocycles. The van der Waals surface area contributed by atoms with E-state index in [9.17, 15) is 8.42 Å². The van der Waals surface area contributed by atoms with Crippen LogP contribution in [-0.2, 0) is 10.0 Å². The zero-order chi connectivity index (χ0) is 22.3. The molecule has 0 saturated heterocycles. The van der Waals surface area contributed by atoms with Gasteiger partial charge in [0.1, 0.15) is 25.1 Å². The van der Waals surface area contributed by atoms with Gasteiger partial charge in [0, 0.05) is 0 Å². The Kier molecular flexibility index (Phi) is 7.32. The van der Waals surface area contributed by atoms with Crippen LogP contribution in [0, 0.1) is 6.92 Å². The highest BCUT2D eigenvalue weighted by Crippen LogP contribution is 2.32. The van der Waals surface area contributed by atoms with Gasteiger partial charge in [-0.2, -0.15) is 28.1 Å². The van der Waals surface area contributed by atoms with Gasteiger partial charge in [-0.15, -0.1) is 0 Å². The molecule has 0 aliphatic rings. The summed E-state index contributed by atoms with van der Waals surface area (Å²) in [6, 6.07) is 7.79. The molecule has 1 aromatic carbocycles. The maximum atomic E-state index is 12.2. The molecule has 31 heavy (non-hydrogen) atoms. The van der Waals surface area contributed by atoms with Gasteiger partial charge in [0.15, 0.2) is 5.75 Å². The van der Waals surface area contributed by atoms with Crippen LogP contribution < -0.4 is 18.9 Å². The van der Waals surface area contributed by atoms with Crippen LogP contribution in [0.1, 0.15) is 12.5 Å². The Labute approximate surface area is 180 Å². The van der Waals surface area contributed by atoms with Crippen LogP contribution >= 0.6 is 0 Å². The average Bonchev–Trinajstić information content (AvgIpc) is 2.78. The minimum Gasteiger partial charge on any atom is -0.494 e. The van der Waals surface area contributed by atoms with Crippen molar-refractivity contribution in [3.63, 3.8) is 0 Å². The Morgan fingerprint density at radius 1 is 0.968 bits per heavy atom. The highest BCUT2D eigenvalue weighted by Gasteiger charge is 2.23. The third-order valence-electron chi connectivity index (χ3n) is 4.27. The van der Waals surface area contributed by atoms with E-state index in [0.29, 0.717) is 11.3 Å². The zero-order valence-corrected chi connectivity index (χ0v) is 18.3. The number of primary sulfonamides is 1. The molecule has 10 nitrogen and oxygen atoms in total. The summed E-state index contributed by atoms with van der Waals surface area (Å²) >= 11 is 0. The topological polar surface area (TPSA) is 130 Å². The molecule has 0 bridgehead atoms. The number of hydrogen-bond acceptors (Lipinski definition) is 9. The van der Waals surface area contributed by atoms with Crippen LogP contribution in [0.3, 0.4) is 0 Å². The van der Waals surface area contributed by atoms with E-state index in [1.807, 2.05) is 31.2 Å². The second kappa shape index (κ2) is 10.1. The number of hydrogen-bond donors (Lipinski definition) is 1. The molecule has 2 aromatic heterocycles. The molecule has 0 spiro atoms. The Morgan fingerprint density at radius 3 is 2.29 bits per heavy atom. The van der Waals surface area contributed by atoms with E-state index in [1.165, 1.54) is 25.8 Å². The predicted molar refractivity (Wildman–Crippen MR) is 113 cm³/mol. The predicted octanol–water partition coefficient (Wildman–Crippen LogP) is 1.25. The standard InChI is InChI=1S/C20H23N5O5S/c1-4-31(26,27)25-18-17(15-7-5-14(2)6-8-15)19(24-13-23-18)29-9-10-30-20-21-11-16(28-3)12-22-20/h5-8,11-13H,4,9-10H2,1-3H3,(H,23,24,25)/p+1. The fourth-order valence-electron chi connectivity index (χ4n) is 2.58. The van der Waals surface area contributed by atoms with E-state index in [-0.39, 0.29) is 36.7 Å². The Balaban J connectivity index is 1.79. The lowest BCUT2D eigenvalue weighted by Gasteiger charge is -2.12. The van der Waals surface area contributed by atoms with Crippen molar-refractivity contribution in [1.82, 2.24) is 19.9 Å². The maximum Gasteiger partial charge on any atom is 0.316 e. The van der Waals surface area contributed by atoms with Gasteiger partial charge in [0.05, 0.1) is 25.3 Å². The summed E-state index contributed by atoms with van der Waals surface area (Å²) in [6.07, 6.45) is 4.27. The molecule has 0 amide bonds. The molecule has 0 unspecified atom stereocenters. The number of nitrogens with two attached hydrogens (primary N) is 1. The zero-order valence-electron chi connectivity index (χ0n) is 17.5. The third-order valence-corrected chi connectivity index (χ3v) is 5.66. The number of quaternary nitrogens is 1. The summed E-state index contributed by atoms with van der Waals surface area (Å²) in [5.74, 6) is 1.03. The fourth-order valence-corrected chi connectivity index (χ4v) is 3.27. The van der Waals surface area contributed by atoms with E-state index in [4.69, 9.17) is 14.2 Å². The van der Waals surface area contributed by atoms with Crippen molar-refractivity contribution in [2.45, 2.75) is 13.8 Å². The van der Waals surface area contributed by atoms with E-state index in [1.54, 1.807) is 6.92 Å². The summed E-state index contributed by atoms with van der Waals surface area (Å²) in [5, 5.41) is 0. The number of aryl methyl sites for hydroxylation is 1. The first kappa shape index (κ1) is 22.4. The van der Waals surface area contributed by atoms with E-state index in [2.05, 4.69) is 19.9 Å². The maximum absolute atomic E-state index is 12.2. The molecule has 0 aliphatic carbocycles. The van der Waals surface area contributed by atoms with E-state index >= 15 is 0 Å². The Morgan fingerprint density at radius 2 is 1.65 bits per heavy atom. The number of aromatic nitrogens is 4. The molecule has 0 atom stereocenters. The van der Waals surface area contributed by atoms with Crippen molar-refractivity contribution in [2.24, 2.45) is 0 Å². The Bertz CT molecular complexity index is 1110.